The van der Waals surface area contributed by atoms with Crippen molar-refractivity contribution in [3.05, 3.63) is 69.9 Å². The van der Waals surface area contributed by atoms with Gasteiger partial charge in [0.1, 0.15) is 11.3 Å². The van der Waals surface area contributed by atoms with E-state index < -0.39 is 17.3 Å². The van der Waals surface area contributed by atoms with Gasteiger partial charge in [0.15, 0.2) is 11.3 Å². The normalized spacial score (nSPS) is 15.4. The molecule has 1 aliphatic rings. The molecule has 0 unspecified atom stereocenters. The average Bonchev–Trinajstić information content (AvgIpc) is 3.32. The number of benzene rings is 1. The monoisotopic (exact) mass is 579 g/mol. The number of amides is 1. The molecule has 0 atom stereocenters. The first-order chi connectivity index (χ1) is 19.2. The molecule has 0 spiro atoms. The molecular weight excluding hydrogens is 549 g/mol. The van der Waals surface area contributed by atoms with Gasteiger partial charge in [0.2, 0.25) is 5.95 Å². The Hall–Kier alpha value is -4.05. The zero-order valence-corrected chi connectivity index (χ0v) is 24.5. The summed E-state index contributed by atoms with van der Waals surface area (Å²) in [6, 6.07) is 8.05. The first kappa shape index (κ1) is 28.5. The van der Waals surface area contributed by atoms with E-state index in [-0.39, 0.29) is 27.7 Å². The van der Waals surface area contributed by atoms with Gasteiger partial charge in [-0.2, -0.15) is 0 Å². The van der Waals surface area contributed by atoms with Gasteiger partial charge in [-0.3, -0.25) is 4.79 Å². The molecule has 3 aromatic heterocycles. The maximum Gasteiger partial charge on any atom is 0.339 e. The number of aromatic carboxylic acids is 1. The third-order valence-electron chi connectivity index (χ3n) is 7.34. The standard InChI is InChI=1S/C30H31ClFN5O4/c1-16-18(27(39)40)14-33-28(34-16)36-9-10-37(30(5,6)15-36)26(38)24-13-23-25(41-24)19(29(2,3)4)12-22(35-23)17-7-8-20(31)21(32)11-17/h7-8,11-14H,9-10,15H2,1-6H3,(H,39,40). The highest BCUT2D eigenvalue weighted by Crippen LogP contribution is 2.36. The van der Waals surface area contributed by atoms with Crippen LogP contribution in [0.15, 0.2) is 40.9 Å². The van der Waals surface area contributed by atoms with Crippen LogP contribution in [0.1, 0.15) is 66.8 Å². The molecule has 4 aromatic rings. The molecule has 1 N–H and O–H groups in total. The maximum absolute atomic E-state index is 14.2. The van der Waals surface area contributed by atoms with Gasteiger partial charge in [-0.1, -0.05) is 38.4 Å². The zero-order valence-electron chi connectivity index (χ0n) is 23.7. The molecule has 4 heterocycles. The van der Waals surface area contributed by atoms with Crippen LogP contribution in [0.25, 0.3) is 22.4 Å². The number of carboxylic acids is 1. The lowest BCUT2D eigenvalue weighted by Gasteiger charge is -2.46. The third kappa shape index (κ3) is 5.36. The topological polar surface area (TPSA) is 113 Å². The van der Waals surface area contributed by atoms with E-state index in [1.807, 2.05) is 45.6 Å². The first-order valence-electron chi connectivity index (χ1n) is 13.2. The van der Waals surface area contributed by atoms with Crippen LogP contribution in [-0.4, -0.2) is 62.0 Å². The number of aromatic nitrogens is 3. The van der Waals surface area contributed by atoms with Crippen molar-refractivity contribution in [2.45, 2.75) is 52.5 Å². The van der Waals surface area contributed by atoms with E-state index >= 15 is 0 Å². The van der Waals surface area contributed by atoms with Crippen molar-refractivity contribution in [1.29, 1.82) is 0 Å². The molecule has 0 radical (unpaired) electrons. The molecule has 5 rings (SSSR count). The number of carbonyl (C=O) groups excluding carboxylic acids is 1. The second-order valence-electron chi connectivity index (χ2n) is 11.9. The quantitative estimate of drug-likeness (QED) is 0.307. The number of anilines is 1. The Morgan fingerprint density at radius 2 is 1.85 bits per heavy atom. The van der Waals surface area contributed by atoms with Gasteiger partial charge in [0, 0.05) is 43.0 Å². The van der Waals surface area contributed by atoms with Gasteiger partial charge < -0.3 is 19.3 Å². The fourth-order valence-electron chi connectivity index (χ4n) is 5.14. The summed E-state index contributed by atoms with van der Waals surface area (Å²) in [5, 5.41) is 9.32. The molecule has 1 aliphatic heterocycles. The molecule has 1 amide bonds. The number of halogens is 2. The summed E-state index contributed by atoms with van der Waals surface area (Å²) in [6.45, 7) is 12.9. The smallest absolute Gasteiger partial charge is 0.339 e. The predicted octanol–water partition coefficient (Wildman–Crippen LogP) is 6.12. The predicted molar refractivity (Wildman–Crippen MR) is 154 cm³/mol. The molecule has 41 heavy (non-hydrogen) atoms. The number of nitrogens with zero attached hydrogens (tertiary/aromatic N) is 5. The van der Waals surface area contributed by atoms with E-state index in [0.29, 0.717) is 53.6 Å². The Labute approximate surface area is 242 Å². The van der Waals surface area contributed by atoms with E-state index in [1.54, 1.807) is 24.0 Å². The largest absolute Gasteiger partial charge is 0.478 e. The number of hydrogen-bond acceptors (Lipinski definition) is 7. The third-order valence-corrected chi connectivity index (χ3v) is 7.65. The molecule has 1 fully saturated rings. The number of rotatable bonds is 4. The zero-order chi connectivity index (χ0) is 29.9. The number of carboxylic acid groups (broad SMARTS) is 1. The second kappa shape index (κ2) is 10.1. The molecule has 0 aliphatic carbocycles. The number of fused-ring (bicyclic) bond motifs is 1. The minimum Gasteiger partial charge on any atom is -0.478 e. The van der Waals surface area contributed by atoms with Crippen LogP contribution in [0.5, 0.6) is 0 Å². The van der Waals surface area contributed by atoms with Crippen molar-refractivity contribution >= 4 is 40.5 Å². The molecular formula is C30H31ClFN5O4. The Bertz CT molecular complexity index is 1690. The number of aryl methyl sites for hydroxylation is 1. The van der Waals surface area contributed by atoms with Gasteiger partial charge in [-0.15, -0.1) is 0 Å². The summed E-state index contributed by atoms with van der Waals surface area (Å²) in [6.07, 6.45) is 1.31. The van der Waals surface area contributed by atoms with Gasteiger partial charge in [-0.25, -0.2) is 24.1 Å². The number of carbonyl (C=O) groups is 2. The van der Waals surface area contributed by atoms with Gasteiger partial charge in [0.25, 0.3) is 5.91 Å². The second-order valence-corrected chi connectivity index (χ2v) is 12.3. The molecule has 214 valence electrons. The minimum atomic E-state index is -1.08. The molecule has 9 nitrogen and oxygen atoms in total. The molecule has 0 saturated carbocycles. The Morgan fingerprint density at radius 1 is 1.12 bits per heavy atom. The summed E-state index contributed by atoms with van der Waals surface area (Å²) >= 11 is 5.89. The highest BCUT2D eigenvalue weighted by molar-refractivity contribution is 6.30. The van der Waals surface area contributed by atoms with Crippen LogP contribution in [0.2, 0.25) is 5.02 Å². The SMILES string of the molecule is Cc1nc(N2CCN(C(=O)c3cc4nc(-c5ccc(Cl)c(F)c5)cc(C(C)(C)C)c4o3)C(C)(C)C2)ncc1C(=O)O. The lowest BCUT2D eigenvalue weighted by molar-refractivity contribution is 0.0482. The lowest BCUT2D eigenvalue weighted by Crippen LogP contribution is -2.61. The fourth-order valence-corrected chi connectivity index (χ4v) is 5.26. The van der Waals surface area contributed by atoms with E-state index in [9.17, 15) is 19.1 Å². The lowest BCUT2D eigenvalue weighted by atomic mass is 9.86. The highest BCUT2D eigenvalue weighted by atomic mass is 35.5. The maximum atomic E-state index is 14.2. The van der Waals surface area contributed by atoms with Gasteiger partial charge in [0.05, 0.1) is 27.5 Å². The van der Waals surface area contributed by atoms with E-state index in [0.717, 1.165) is 5.56 Å². The number of piperazine rings is 1. The molecule has 1 saturated heterocycles. The summed E-state index contributed by atoms with van der Waals surface area (Å²) in [5.74, 6) is -1.30. The van der Waals surface area contributed by atoms with Gasteiger partial charge in [-0.05, 0) is 44.4 Å². The molecule has 0 bridgehead atoms. The van der Waals surface area contributed by atoms with E-state index in [4.69, 9.17) is 21.0 Å². The minimum absolute atomic E-state index is 0.0313. The van der Waals surface area contributed by atoms with Crippen LogP contribution >= 0.6 is 11.6 Å². The summed E-state index contributed by atoms with van der Waals surface area (Å²) in [7, 11) is 0. The molecule has 1 aromatic carbocycles. The number of hydrogen-bond donors (Lipinski definition) is 1. The van der Waals surface area contributed by atoms with E-state index in [1.165, 1.54) is 18.3 Å². The summed E-state index contributed by atoms with van der Waals surface area (Å²) in [4.78, 5) is 42.2. The summed E-state index contributed by atoms with van der Waals surface area (Å²) < 4.78 is 20.4. The van der Waals surface area contributed by atoms with Crippen molar-refractivity contribution in [3.8, 4) is 11.3 Å². The van der Waals surface area contributed by atoms with Crippen LogP contribution in [0.3, 0.4) is 0 Å². The number of furan rings is 1. The fraction of sp³-hybridized carbons (Fsp3) is 0.367. The first-order valence-corrected chi connectivity index (χ1v) is 13.6. The number of pyridine rings is 1. The summed E-state index contributed by atoms with van der Waals surface area (Å²) in [5.41, 5.74) is 2.44. The van der Waals surface area contributed by atoms with Crippen LogP contribution in [0, 0.1) is 12.7 Å². The van der Waals surface area contributed by atoms with Crippen LogP contribution < -0.4 is 4.90 Å². The van der Waals surface area contributed by atoms with E-state index in [2.05, 4.69) is 9.97 Å². The Balaban J connectivity index is 1.46. The van der Waals surface area contributed by atoms with Crippen LogP contribution in [0.4, 0.5) is 10.3 Å². The van der Waals surface area contributed by atoms with Crippen molar-refractivity contribution in [1.82, 2.24) is 19.9 Å². The Morgan fingerprint density at radius 3 is 2.46 bits per heavy atom. The van der Waals surface area contributed by atoms with Crippen LogP contribution in [-0.2, 0) is 5.41 Å². The van der Waals surface area contributed by atoms with Crippen molar-refractivity contribution in [2.75, 3.05) is 24.5 Å². The van der Waals surface area contributed by atoms with Crippen molar-refractivity contribution in [3.63, 3.8) is 0 Å². The van der Waals surface area contributed by atoms with Gasteiger partial charge >= 0.3 is 5.97 Å². The highest BCUT2D eigenvalue weighted by Gasteiger charge is 2.39. The van der Waals surface area contributed by atoms with Crippen molar-refractivity contribution < 1.29 is 23.5 Å². The molecule has 11 heteroatoms. The Kier molecular flexibility index (Phi) is 7.01. The van der Waals surface area contributed by atoms with Crippen molar-refractivity contribution in [2.24, 2.45) is 0 Å². The average molecular weight is 580 g/mol.